The normalized spacial score (nSPS) is 18.1. The minimum Gasteiger partial charge on any atom is -0.339 e. The van der Waals surface area contributed by atoms with Crippen molar-refractivity contribution < 1.29 is 4.52 Å². The van der Waals surface area contributed by atoms with Crippen molar-refractivity contribution in [2.75, 3.05) is 13.1 Å². The highest BCUT2D eigenvalue weighted by Crippen LogP contribution is 2.29. The summed E-state index contributed by atoms with van der Waals surface area (Å²) in [7, 11) is 0. The van der Waals surface area contributed by atoms with Crippen LogP contribution in [0.1, 0.15) is 29.4 Å². The highest BCUT2D eigenvalue weighted by Gasteiger charge is 2.28. The maximum Gasteiger partial charge on any atom is 0.231 e. The van der Waals surface area contributed by atoms with Gasteiger partial charge in [0.05, 0.1) is 5.92 Å². The third-order valence-corrected chi connectivity index (χ3v) is 4.58. The number of pyridine rings is 1. The predicted molar refractivity (Wildman–Crippen MR) is 91.3 cm³/mol. The lowest BCUT2D eigenvalue weighted by Gasteiger charge is -2.14. The van der Waals surface area contributed by atoms with E-state index in [9.17, 15) is 0 Å². The van der Waals surface area contributed by atoms with E-state index < -0.39 is 0 Å². The first-order chi connectivity index (χ1) is 11.8. The first kappa shape index (κ1) is 15.0. The number of aryl methyl sites for hydroxylation is 1. The fourth-order valence-electron chi connectivity index (χ4n) is 3.26. The topological polar surface area (TPSA) is 55.1 Å². The van der Waals surface area contributed by atoms with Crippen LogP contribution in [-0.4, -0.2) is 33.1 Å². The summed E-state index contributed by atoms with van der Waals surface area (Å²) in [6, 6.07) is 12.2. The summed E-state index contributed by atoms with van der Waals surface area (Å²) >= 11 is 0. The molecule has 1 unspecified atom stereocenters. The van der Waals surface area contributed by atoms with Gasteiger partial charge in [0.2, 0.25) is 11.7 Å². The van der Waals surface area contributed by atoms with Crippen molar-refractivity contribution in [3.8, 4) is 11.4 Å². The van der Waals surface area contributed by atoms with Crippen molar-refractivity contribution in [3.05, 3.63) is 65.8 Å². The largest absolute Gasteiger partial charge is 0.339 e. The molecule has 1 atom stereocenters. The summed E-state index contributed by atoms with van der Waals surface area (Å²) in [5, 5.41) is 4.19. The Kier molecular flexibility index (Phi) is 4.09. The van der Waals surface area contributed by atoms with E-state index in [1.807, 2.05) is 36.7 Å². The van der Waals surface area contributed by atoms with Gasteiger partial charge in [-0.1, -0.05) is 35.5 Å². The van der Waals surface area contributed by atoms with Gasteiger partial charge in [-0.2, -0.15) is 4.98 Å². The molecule has 5 nitrogen and oxygen atoms in total. The fraction of sp³-hybridized carbons (Fsp3) is 0.316. The van der Waals surface area contributed by atoms with Gasteiger partial charge in [-0.05, 0) is 37.1 Å². The van der Waals surface area contributed by atoms with Crippen LogP contribution in [0.4, 0.5) is 0 Å². The summed E-state index contributed by atoms with van der Waals surface area (Å²) in [6.45, 7) is 4.98. The van der Waals surface area contributed by atoms with Crippen LogP contribution in [0.2, 0.25) is 0 Å². The number of benzene rings is 1. The highest BCUT2D eigenvalue weighted by molar-refractivity contribution is 5.59. The lowest BCUT2D eigenvalue weighted by atomic mass is 10.1. The van der Waals surface area contributed by atoms with Crippen LogP contribution < -0.4 is 0 Å². The zero-order valence-electron chi connectivity index (χ0n) is 13.7. The zero-order valence-corrected chi connectivity index (χ0v) is 13.7. The summed E-state index contributed by atoms with van der Waals surface area (Å²) in [5.41, 5.74) is 3.44. The molecule has 0 N–H and O–H groups in total. The Morgan fingerprint density at radius 3 is 2.96 bits per heavy atom. The molecule has 2 aromatic heterocycles. The van der Waals surface area contributed by atoms with Crippen LogP contribution in [0.5, 0.6) is 0 Å². The minimum atomic E-state index is 0.312. The number of aromatic nitrogens is 3. The van der Waals surface area contributed by atoms with Crippen LogP contribution in [0.15, 0.2) is 53.3 Å². The molecule has 1 saturated heterocycles. The zero-order chi connectivity index (χ0) is 16.4. The van der Waals surface area contributed by atoms with Gasteiger partial charge < -0.3 is 4.52 Å². The van der Waals surface area contributed by atoms with Crippen LogP contribution >= 0.6 is 0 Å². The Hall–Kier alpha value is -2.53. The Bertz CT molecular complexity index is 815. The summed E-state index contributed by atoms with van der Waals surface area (Å²) in [6.07, 6.45) is 4.79. The smallest absolute Gasteiger partial charge is 0.231 e. The highest BCUT2D eigenvalue weighted by atomic mass is 16.5. The maximum atomic E-state index is 5.56. The maximum absolute atomic E-state index is 5.56. The summed E-state index contributed by atoms with van der Waals surface area (Å²) < 4.78 is 5.56. The third-order valence-electron chi connectivity index (χ3n) is 4.58. The van der Waals surface area contributed by atoms with Crippen molar-refractivity contribution in [2.24, 2.45) is 0 Å². The van der Waals surface area contributed by atoms with Crippen molar-refractivity contribution in [1.82, 2.24) is 20.0 Å². The molecule has 0 amide bonds. The van der Waals surface area contributed by atoms with Gasteiger partial charge >= 0.3 is 0 Å². The van der Waals surface area contributed by atoms with Crippen LogP contribution in [-0.2, 0) is 6.54 Å². The molecule has 122 valence electrons. The molecule has 3 aromatic rings. The molecule has 4 rings (SSSR count). The second-order valence-electron chi connectivity index (χ2n) is 6.35. The van der Waals surface area contributed by atoms with E-state index in [1.165, 1.54) is 5.56 Å². The molecule has 0 bridgehead atoms. The molecule has 1 aliphatic heterocycles. The lowest BCUT2D eigenvalue weighted by Crippen LogP contribution is -2.19. The van der Waals surface area contributed by atoms with Crippen molar-refractivity contribution in [3.63, 3.8) is 0 Å². The number of hydrogen-bond acceptors (Lipinski definition) is 5. The molecule has 1 aliphatic rings. The molecule has 0 radical (unpaired) electrons. The van der Waals surface area contributed by atoms with Gasteiger partial charge in [0, 0.05) is 31.0 Å². The molecule has 24 heavy (non-hydrogen) atoms. The van der Waals surface area contributed by atoms with Crippen LogP contribution in [0.3, 0.4) is 0 Å². The summed E-state index contributed by atoms with van der Waals surface area (Å²) in [5.74, 6) is 1.75. The Morgan fingerprint density at radius 2 is 2.12 bits per heavy atom. The molecule has 0 saturated carbocycles. The SMILES string of the molecule is Cc1ccccc1-c1noc(C2CCN(Cc3cccnc3)C2)n1. The standard InChI is InChI=1S/C19H20N4O/c1-14-5-2-3-7-17(14)18-21-19(24-22-18)16-8-10-23(13-16)12-15-6-4-9-20-11-15/h2-7,9,11,16H,8,10,12-13H2,1H3. The van der Waals surface area contributed by atoms with Gasteiger partial charge in [-0.15, -0.1) is 0 Å². The number of likely N-dealkylation sites (tertiary alicyclic amines) is 1. The van der Waals surface area contributed by atoms with E-state index in [1.54, 1.807) is 0 Å². The summed E-state index contributed by atoms with van der Waals surface area (Å²) in [4.78, 5) is 11.2. The van der Waals surface area contributed by atoms with Gasteiger partial charge in [-0.3, -0.25) is 9.88 Å². The Morgan fingerprint density at radius 1 is 1.21 bits per heavy atom. The van der Waals surface area contributed by atoms with Crippen LogP contribution in [0.25, 0.3) is 11.4 Å². The van der Waals surface area contributed by atoms with E-state index in [4.69, 9.17) is 4.52 Å². The first-order valence-electron chi connectivity index (χ1n) is 8.30. The first-order valence-corrected chi connectivity index (χ1v) is 8.30. The van der Waals surface area contributed by atoms with Gasteiger partial charge in [0.1, 0.15) is 0 Å². The molecule has 0 spiro atoms. The Labute approximate surface area is 141 Å². The van der Waals surface area contributed by atoms with E-state index in [2.05, 4.69) is 39.1 Å². The van der Waals surface area contributed by atoms with Gasteiger partial charge in [0.25, 0.3) is 0 Å². The quantitative estimate of drug-likeness (QED) is 0.737. The van der Waals surface area contributed by atoms with E-state index in [0.717, 1.165) is 43.1 Å². The van der Waals surface area contributed by atoms with Crippen LogP contribution in [0, 0.1) is 6.92 Å². The number of nitrogens with zero attached hydrogens (tertiary/aromatic N) is 4. The average molecular weight is 320 g/mol. The molecule has 0 aliphatic carbocycles. The fourth-order valence-corrected chi connectivity index (χ4v) is 3.26. The predicted octanol–water partition coefficient (Wildman–Crippen LogP) is 3.43. The second-order valence-corrected chi connectivity index (χ2v) is 6.35. The average Bonchev–Trinajstić information content (AvgIpc) is 3.25. The van der Waals surface area contributed by atoms with Crippen molar-refractivity contribution in [2.45, 2.75) is 25.8 Å². The Balaban J connectivity index is 1.45. The van der Waals surface area contributed by atoms with E-state index in [-0.39, 0.29) is 0 Å². The molecule has 3 heterocycles. The third kappa shape index (κ3) is 3.08. The van der Waals surface area contributed by atoms with E-state index in [0.29, 0.717) is 11.7 Å². The molecule has 1 aromatic carbocycles. The molecule has 1 fully saturated rings. The van der Waals surface area contributed by atoms with Crippen molar-refractivity contribution >= 4 is 0 Å². The minimum absolute atomic E-state index is 0.312. The number of hydrogen-bond donors (Lipinski definition) is 0. The van der Waals surface area contributed by atoms with E-state index >= 15 is 0 Å². The molecular formula is C19H20N4O. The second kappa shape index (κ2) is 6.53. The molecular weight excluding hydrogens is 300 g/mol. The monoisotopic (exact) mass is 320 g/mol. The van der Waals surface area contributed by atoms with Gasteiger partial charge in [-0.25, -0.2) is 0 Å². The number of rotatable bonds is 4. The molecule has 5 heteroatoms. The van der Waals surface area contributed by atoms with Crippen molar-refractivity contribution in [1.29, 1.82) is 0 Å². The van der Waals surface area contributed by atoms with Gasteiger partial charge in [0.15, 0.2) is 0 Å². The lowest BCUT2D eigenvalue weighted by molar-refractivity contribution is 0.309.